The van der Waals surface area contributed by atoms with Gasteiger partial charge in [0.25, 0.3) is 0 Å². The van der Waals surface area contributed by atoms with Crippen molar-refractivity contribution in [1.29, 1.82) is 0 Å². The molecule has 1 aliphatic heterocycles. The predicted octanol–water partition coefficient (Wildman–Crippen LogP) is 5.35. The number of hydrogen-bond donors (Lipinski definition) is 0. The van der Waals surface area contributed by atoms with Crippen molar-refractivity contribution in [2.45, 2.75) is 104 Å². The lowest BCUT2D eigenvalue weighted by Gasteiger charge is -2.51. The highest BCUT2D eigenvalue weighted by Gasteiger charge is 2.79. The highest BCUT2D eigenvalue weighted by molar-refractivity contribution is 5.88. The molecular formula is C22H36O4. The number of hydrogen-bond acceptors (Lipinski definition) is 4. The summed E-state index contributed by atoms with van der Waals surface area (Å²) in [5.41, 5.74) is -2.08. The summed E-state index contributed by atoms with van der Waals surface area (Å²) in [5.74, 6) is -0.517. The maximum atomic E-state index is 12.8. The van der Waals surface area contributed by atoms with E-state index in [0.29, 0.717) is 5.57 Å². The second-order valence-electron chi connectivity index (χ2n) is 9.04. The lowest BCUT2D eigenvalue weighted by Crippen LogP contribution is -2.62. The number of esters is 2. The molecule has 0 N–H and O–H groups in total. The van der Waals surface area contributed by atoms with Gasteiger partial charge in [0.2, 0.25) is 0 Å². The Labute approximate surface area is 158 Å². The molecule has 1 saturated heterocycles. The van der Waals surface area contributed by atoms with Crippen molar-refractivity contribution in [3.63, 3.8) is 0 Å². The zero-order valence-corrected chi connectivity index (χ0v) is 17.5. The molecule has 1 saturated carbocycles. The predicted molar refractivity (Wildman–Crippen MR) is 103 cm³/mol. The van der Waals surface area contributed by atoms with Gasteiger partial charge in [-0.1, -0.05) is 47.1 Å². The largest absolute Gasteiger partial charge is 0.454 e. The van der Waals surface area contributed by atoms with E-state index in [1.807, 2.05) is 6.92 Å². The zero-order valence-electron chi connectivity index (χ0n) is 17.5. The summed E-state index contributed by atoms with van der Waals surface area (Å²) in [4.78, 5) is 25.4. The van der Waals surface area contributed by atoms with Gasteiger partial charge in [0.05, 0.1) is 5.41 Å². The van der Waals surface area contributed by atoms with Crippen LogP contribution < -0.4 is 0 Å². The van der Waals surface area contributed by atoms with E-state index in [4.69, 9.17) is 9.47 Å². The lowest BCUT2D eigenvalue weighted by atomic mass is 9.59. The average molecular weight is 365 g/mol. The van der Waals surface area contributed by atoms with Gasteiger partial charge >= 0.3 is 11.9 Å². The molecule has 0 amide bonds. The van der Waals surface area contributed by atoms with Crippen LogP contribution >= 0.6 is 0 Å². The Balaban J connectivity index is 2.59. The first-order valence-electron chi connectivity index (χ1n) is 10.2. The van der Waals surface area contributed by atoms with Crippen molar-refractivity contribution in [2.24, 2.45) is 10.8 Å². The Bertz CT molecular complexity index is 583. The van der Waals surface area contributed by atoms with Crippen LogP contribution in [-0.4, -0.2) is 23.1 Å². The van der Waals surface area contributed by atoms with Crippen LogP contribution in [0.25, 0.3) is 0 Å². The Hall–Kier alpha value is -1.32. The molecule has 26 heavy (non-hydrogen) atoms. The molecule has 1 heterocycles. The van der Waals surface area contributed by atoms with Crippen LogP contribution in [0.5, 0.6) is 0 Å². The summed E-state index contributed by atoms with van der Waals surface area (Å²) >= 11 is 0. The summed E-state index contributed by atoms with van der Waals surface area (Å²) < 4.78 is 12.4. The molecule has 4 heteroatoms. The van der Waals surface area contributed by atoms with E-state index in [2.05, 4.69) is 34.3 Å². The SMILES string of the molecule is C=C(C)C(=O)OC(CCCC)(CCCC)C12CCC(C)(C(=O)O1)C2(C)C. The quantitative estimate of drug-likeness (QED) is 0.409. The number of fused-ring (bicyclic) bond motifs is 2. The molecular weight excluding hydrogens is 328 g/mol. The maximum absolute atomic E-state index is 12.8. The lowest BCUT2D eigenvalue weighted by molar-refractivity contribution is -0.223. The van der Waals surface area contributed by atoms with Gasteiger partial charge in [-0.05, 0) is 52.4 Å². The molecule has 4 nitrogen and oxygen atoms in total. The molecule has 0 aromatic carbocycles. The Kier molecular flexibility index (Phi) is 5.66. The third kappa shape index (κ3) is 2.71. The molecule has 148 valence electrons. The number of carbonyl (C=O) groups excluding carboxylic acids is 2. The number of unbranched alkanes of at least 4 members (excludes halogenated alkanes) is 2. The van der Waals surface area contributed by atoms with E-state index in [9.17, 15) is 9.59 Å². The minimum Gasteiger partial charge on any atom is -0.454 e. The van der Waals surface area contributed by atoms with Gasteiger partial charge in [0, 0.05) is 11.0 Å². The normalized spacial score (nSPS) is 29.5. The van der Waals surface area contributed by atoms with E-state index in [1.54, 1.807) is 6.92 Å². The molecule has 0 spiro atoms. The molecule has 0 aromatic heterocycles. The van der Waals surface area contributed by atoms with Crippen LogP contribution in [0.4, 0.5) is 0 Å². The highest BCUT2D eigenvalue weighted by atomic mass is 16.6. The summed E-state index contributed by atoms with van der Waals surface area (Å²) in [6.07, 6.45) is 6.83. The van der Waals surface area contributed by atoms with Gasteiger partial charge < -0.3 is 9.47 Å². The average Bonchev–Trinajstić information content (AvgIpc) is 2.87. The van der Waals surface area contributed by atoms with Crippen molar-refractivity contribution in [2.75, 3.05) is 0 Å². The van der Waals surface area contributed by atoms with Crippen LogP contribution in [0, 0.1) is 10.8 Å². The molecule has 2 atom stereocenters. The van der Waals surface area contributed by atoms with Gasteiger partial charge in [-0.25, -0.2) is 4.79 Å². The number of ether oxygens (including phenoxy) is 2. The van der Waals surface area contributed by atoms with Crippen LogP contribution in [0.15, 0.2) is 12.2 Å². The first-order valence-corrected chi connectivity index (χ1v) is 10.2. The van der Waals surface area contributed by atoms with Gasteiger partial charge in [0.15, 0.2) is 11.2 Å². The van der Waals surface area contributed by atoms with Gasteiger partial charge in [0.1, 0.15) is 0 Å². The summed E-state index contributed by atoms with van der Waals surface area (Å²) in [6.45, 7) is 16.0. The molecule has 2 bridgehead atoms. The monoisotopic (exact) mass is 364 g/mol. The second kappa shape index (κ2) is 7.01. The number of carbonyl (C=O) groups is 2. The topological polar surface area (TPSA) is 52.6 Å². The summed E-state index contributed by atoms with van der Waals surface area (Å²) in [6, 6.07) is 0. The third-order valence-corrected chi connectivity index (χ3v) is 7.32. The molecule has 0 aromatic rings. The van der Waals surface area contributed by atoms with E-state index in [-0.39, 0.29) is 11.9 Å². The van der Waals surface area contributed by atoms with Crippen LogP contribution in [-0.2, 0) is 19.1 Å². The Morgan fingerprint density at radius 2 is 1.69 bits per heavy atom. The van der Waals surface area contributed by atoms with E-state index in [1.165, 1.54) is 0 Å². The van der Waals surface area contributed by atoms with E-state index in [0.717, 1.165) is 51.4 Å². The standard InChI is InChI=1S/C22H36O4/c1-8-10-12-21(13-11-9-2,25-17(23)16(3)4)22-15-14-20(7,18(24)26-22)19(22,5)6/h3,8-15H2,1-2,4-7H3. The third-order valence-electron chi connectivity index (χ3n) is 7.32. The highest BCUT2D eigenvalue weighted by Crippen LogP contribution is 2.70. The van der Waals surface area contributed by atoms with Crippen molar-refractivity contribution >= 4 is 11.9 Å². The maximum Gasteiger partial charge on any atom is 0.333 e. The van der Waals surface area contributed by atoms with E-state index < -0.39 is 22.0 Å². The van der Waals surface area contributed by atoms with Gasteiger partial charge in [-0.2, -0.15) is 0 Å². The van der Waals surface area contributed by atoms with Crippen LogP contribution in [0.1, 0.15) is 92.9 Å². The summed E-state index contributed by atoms with van der Waals surface area (Å²) in [7, 11) is 0. The molecule has 2 unspecified atom stereocenters. The van der Waals surface area contributed by atoms with Crippen molar-refractivity contribution in [1.82, 2.24) is 0 Å². The fourth-order valence-electron chi connectivity index (χ4n) is 5.10. The number of rotatable bonds is 9. The first kappa shape index (κ1) is 21.0. The van der Waals surface area contributed by atoms with E-state index >= 15 is 0 Å². The molecule has 0 radical (unpaired) electrons. The molecule has 2 fully saturated rings. The first-order chi connectivity index (χ1) is 12.0. The van der Waals surface area contributed by atoms with Crippen molar-refractivity contribution < 1.29 is 19.1 Å². The molecule has 2 aliphatic rings. The molecule has 1 aliphatic carbocycles. The van der Waals surface area contributed by atoms with Gasteiger partial charge in [-0.3, -0.25) is 4.79 Å². The Morgan fingerprint density at radius 3 is 2.04 bits per heavy atom. The smallest absolute Gasteiger partial charge is 0.333 e. The minimum atomic E-state index is -0.789. The van der Waals surface area contributed by atoms with Crippen molar-refractivity contribution in [3.05, 3.63) is 12.2 Å². The Morgan fingerprint density at radius 1 is 1.15 bits per heavy atom. The van der Waals surface area contributed by atoms with Crippen molar-refractivity contribution in [3.8, 4) is 0 Å². The van der Waals surface area contributed by atoms with Gasteiger partial charge in [-0.15, -0.1) is 0 Å². The van der Waals surface area contributed by atoms with Crippen LogP contribution in [0.3, 0.4) is 0 Å². The summed E-state index contributed by atoms with van der Waals surface area (Å²) in [5, 5.41) is 0. The second-order valence-corrected chi connectivity index (χ2v) is 9.04. The molecule has 2 rings (SSSR count). The fraction of sp³-hybridized carbons (Fsp3) is 0.818. The minimum absolute atomic E-state index is 0.141. The fourth-order valence-corrected chi connectivity index (χ4v) is 5.10. The zero-order chi connectivity index (χ0) is 19.8. The van der Waals surface area contributed by atoms with Crippen LogP contribution in [0.2, 0.25) is 0 Å².